The van der Waals surface area contributed by atoms with Crippen LogP contribution in [0.25, 0.3) is 16.9 Å². The first kappa shape index (κ1) is 10.4. The monoisotopic (exact) mass is 288 g/mol. The zero-order chi connectivity index (χ0) is 11.8. The van der Waals surface area contributed by atoms with Gasteiger partial charge in [0.1, 0.15) is 5.52 Å². The average Bonchev–Trinajstić information content (AvgIpc) is 2.73. The lowest BCUT2D eigenvalue weighted by molar-refractivity contribution is 0.795. The predicted octanol–water partition coefficient (Wildman–Crippen LogP) is 2.89. The quantitative estimate of drug-likeness (QED) is 0.692. The molecule has 0 amide bonds. The van der Waals surface area contributed by atoms with Gasteiger partial charge in [0.15, 0.2) is 5.82 Å². The van der Waals surface area contributed by atoms with Crippen LogP contribution in [0.4, 0.5) is 0 Å². The van der Waals surface area contributed by atoms with Gasteiger partial charge in [0.2, 0.25) is 0 Å². The smallest absolute Gasteiger partial charge is 0.158 e. The SMILES string of the molecule is Cc1cc(Br)cnc1-n1nnc2ccccc21. The van der Waals surface area contributed by atoms with Crippen LogP contribution in [0.5, 0.6) is 0 Å². The Kier molecular flexibility index (Phi) is 2.40. The van der Waals surface area contributed by atoms with Crippen molar-refractivity contribution in [2.24, 2.45) is 0 Å². The Labute approximate surface area is 106 Å². The fraction of sp³-hybridized carbons (Fsp3) is 0.0833. The molecule has 0 saturated carbocycles. The standard InChI is InChI=1S/C12H9BrN4/c1-8-6-9(13)7-14-12(8)17-11-5-3-2-4-10(11)15-16-17/h2-7H,1H3. The average molecular weight is 289 g/mol. The summed E-state index contributed by atoms with van der Waals surface area (Å²) in [4.78, 5) is 4.38. The molecule has 2 aromatic heterocycles. The second kappa shape index (κ2) is 3.92. The number of hydrogen-bond acceptors (Lipinski definition) is 3. The van der Waals surface area contributed by atoms with Gasteiger partial charge in [-0.25, -0.2) is 4.98 Å². The van der Waals surface area contributed by atoms with Crippen LogP contribution < -0.4 is 0 Å². The van der Waals surface area contributed by atoms with Crippen molar-refractivity contribution in [3.05, 3.63) is 46.6 Å². The predicted molar refractivity (Wildman–Crippen MR) is 69.1 cm³/mol. The molecule has 0 aliphatic heterocycles. The van der Waals surface area contributed by atoms with E-state index in [1.54, 1.807) is 10.9 Å². The molecule has 0 atom stereocenters. The number of para-hydroxylation sites is 1. The number of rotatable bonds is 1. The summed E-state index contributed by atoms with van der Waals surface area (Å²) in [6.07, 6.45) is 1.76. The second-order valence-electron chi connectivity index (χ2n) is 3.78. The normalized spacial score (nSPS) is 10.9. The molecule has 0 aliphatic carbocycles. The van der Waals surface area contributed by atoms with Gasteiger partial charge in [-0.05, 0) is 46.6 Å². The number of fused-ring (bicyclic) bond motifs is 1. The molecule has 0 aliphatic rings. The van der Waals surface area contributed by atoms with Gasteiger partial charge in [-0.3, -0.25) is 0 Å². The Balaban J connectivity index is 2.27. The lowest BCUT2D eigenvalue weighted by Crippen LogP contribution is -2.02. The van der Waals surface area contributed by atoms with Gasteiger partial charge in [0, 0.05) is 10.7 Å². The topological polar surface area (TPSA) is 43.6 Å². The first-order valence-electron chi connectivity index (χ1n) is 5.18. The highest BCUT2D eigenvalue weighted by Crippen LogP contribution is 2.19. The molecule has 1 aromatic carbocycles. The van der Waals surface area contributed by atoms with E-state index in [2.05, 4.69) is 31.2 Å². The third kappa shape index (κ3) is 1.72. The van der Waals surface area contributed by atoms with E-state index in [4.69, 9.17) is 0 Å². The van der Waals surface area contributed by atoms with Crippen molar-refractivity contribution in [1.82, 2.24) is 20.0 Å². The minimum absolute atomic E-state index is 0.807. The van der Waals surface area contributed by atoms with Crippen molar-refractivity contribution in [2.75, 3.05) is 0 Å². The molecule has 0 unspecified atom stereocenters. The van der Waals surface area contributed by atoms with Crippen molar-refractivity contribution in [3.8, 4) is 5.82 Å². The summed E-state index contributed by atoms with van der Waals surface area (Å²) in [6.45, 7) is 2.00. The van der Waals surface area contributed by atoms with Crippen molar-refractivity contribution < 1.29 is 0 Å². The fourth-order valence-corrected chi connectivity index (χ4v) is 2.23. The molecule has 4 nitrogen and oxygen atoms in total. The fourth-order valence-electron chi connectivity index (χ4n) is 1.78. The van der Waals surface area contributed by atoms with E-state index in [0.717, 1.165) is 26.9 Å². The van der Waals surface area contributed by atoms with E-state index in [9.17, 15) is 0 Å². The Morgan fingerprint density at radius 1 is 1.24 bits per heavy atom. The Hall–Kier alpha value is -1.75. The zero-order valence-electron chi connectivity index (χ0n) is 9.13. The number of aromatic nitrogens is 4. The van der Waals surface area contributed by atoms with E-state index in [1.807, 2.05) is 37.3 Å². The zero-order valence-corrected chi connectivity index (χ0v) is 10.7. The largest absolute Gasteiger partial charge is 0.236 e. The van der Waals surface area contributed by atoms with Crippen LogP contribution in [0.2, 0.25) is 0 Å². The van der Waals surface area contributed by atoms with Crippen LogP contribution in [0.15, 0.2) is 41.0 Å². The molecule has 2 heterocycles. The minimum atomic E-state index is 0.807. The number of benzene rings is 1. The van der Waals surface area contributed by atoms with Gasteiger partial charge in [0.05, 0.1) is 5.52 Å². The summed E-state index contributed by atoms with van der Waals surface area (Å²) >= 11 is 3.40. The van der Waals surface area contributed by atoms with Gasteiger partial charge in [-0.1, -0.05) is 17.3 Å². The molecular formula is C12H9BrN4. The van der Waals surface area contributed by atoms with Crippen LogP contribution in [0, 0.1) is 6.92 Å². The van der Waals surface area contributed by atoms with Crippen LogP contribution in [0.1, 0.15) is 5.56 Å². The molecule has 0 fully saturated rings. The molecule has 84 valence electrons. The van der Waals surface area contributed by atoms with Crippen LogP contribution in [-0.2, 0) is 0 Å². The summed E-state index contributed by atoms with van der Waals surface area (Å²) in [7, 11) is 0. The molecule has 3 aromatic rings. The molecule has 0 N–H and O–H groups in total. The van der Waals surface area contributed by atoms with E-state index < -0.39 is 0 Å². The maximum absolute atomic E-state index is 4.38. The third-order valence-electron chi connectivity index (χ3n) is 2.57. The van der Waals surface area contributed by atoms with Gasteiger partial charge < -0.3 is 0 Å². The highest BCUT2D eigenvalue weighted by molar-refractivity contribution is 9.10. The first-order chi connectivity index (χ1) is 8.25. The maximum Gasteiger partial charge on any atom is 0.158 e. The number of hydrogen-bond donors (Lipinski definition) is 0. The number of nitrogens with zero attached hydrogens (tertiary/aromatic N) is 4. The third-order valence-corrected chi connectivity index (χ3v) is 3.00. The van der Waals surface area contributed by atoms with Gasteiger partial charge >= 0.3 is 0 Å². The number of pyridine rings is 1. The van der Waals surface area contributed by atoms with E-state index >= 15 is 0 Å². The lowest BCUT2D eigenvalue weighted by atomic mass is 10.2. The van der Waals surface area contributed by atoms with E-state index in [0.29, 0.717) is 0 Å². The van der Waals surface area contributed by atoms with Crippen LogP contribution in [-0.4, -0.2) is 20.0 Å². The van der Waals surface area contributed by atoms with Crippen molar-refractivity contribution in [3.63, 3.8) is 0 Å². The van der Waals surface area contributed by atoms with E-state index in [-0.39, 0.29) is 0 Å². The number of halogens is 1. The van der Waals surface area contributed by atoms with Crippen LogP contribution in [0.3, 0.4) is 0 Å². The van der Waals surface area contributed by atoms with Crippen molar-refractivity contribution in [1.29, 1.82) is 0 Å². The molecule has 0 bridgehead atoms. The number of aryl methyl sites for hydroxylation is 1. The Morgan fingerprint density at radius 3 is 2.88 bits per heavy atom. The maximum atomic E-state index is 4.38. The Bertz CT molecular complexity index is 690. The lowest BCUT2D eigenvalue weighted by Gasteiger charge is -2.05. The molecule has 5 heteroatoms. The molecule has 0 saturated heterocycles. The van der Waals surface area contributed by atoms with Gasteiger partial charge in [-0.2, -0.15) is 4.68 Å². The summed E-state index contributed by atoms with van der Waals surface area (Å²) in [5.41, 5.74) is 2.89. The highest BCUT2D eigenvalue weighted by Gasteiger charge is 2.09. The summed E-state index contributed by atoms with van der Waals surface area (Å²) in [5, 5.41) is 8.26. The summed E-state index contributed by atoms with van der Waals surface area (Å²) in [6, 6.07) is 9.85. The van der Waals surface area contributed by atoms with Crippen molar-refractivity contribution >= 4 is 27.0 Å². The molecule has 17 heavy (non-hydrogen) atoms. The highest BCUT2D eigenvalue weighted by atomic mass is 79.9. The minimum Gasteiger partial charge on any atom is -0.236 e. The van der Waals surface area contributed by atoms with E-state index in [1.165, 1.54) is 0 Å². The van der Waals surface area contributed by atoms with Gasteiger partial charge in [-0.15, -0.1) is 5.10 Å². The van der Waals surface area contributed by atoms with Gasteiger partial charge in [0.25, 0.3) is 0 Å². The molecule has 3 rings (SSSR count). The molecule has 0 radical (unpaired) electrons. The summed E-state index contributed by atoms with van der Waals surface area (Å²) < 4.78 is 2.72. The first-order valence-corrected chi connectivity index (χ1v) is 5.98. The molecular weight excluding hydrogens is 280 g/mol. The second-order valence-corrected chi connectivity index (χ2v) is 4.70. The van der Waals surface area contributed by atoms with Crippen molar-refractivity contribution in [2.45, 2.75) is 6.92 Å². The summed E-state index contributed by atoms with van der Waals surface area (Å²) in [5.74, 6) is 0.807. The molecule has 0 spiro atoms. The van der Waals surface area contributed by atoms with Crippen LogP contribution >= 0.6 is 15.9 Å². The Morgan fingerprint density at radius 2 is 2.06 bits per heavy atom.